The van der Waals surface area contributed by atoms with Gasteiger partial charge in [0.2, 0.25) is 9.84 Å². The second-order valence-corrected chi connectivity index (χ2v) is 11.2. The van der Waals surface area contributed by atoms with Gasteiger partial charge in [-0.2, -0.15) is 0 Å². The molecule has 160 valence electrons. The van der Waals surface area contributed by atoms with Crippen LogP contribution in [0.15, 0.2) is 46.3 Å². The van der Waals surface area contributed by atoms with E-state index in [1.54, 1.807) is 12.1 Å². The fraction of sp³-hybridized carbons (Fsp3) is 0.455. The molecule has 0 bridgehead atoms. The van der Waals surface area contributed by atoms with Crippen molar-refractivity contribution in [3.05, 3.63) is 47.5 Å². The highest BCUT2D eigenvalue weighted by Crippen LogP contribution is 2.31. The van der Waals surface area contributed by atoms with Gasteiger partial charge in [0, 0.05) is 31.0 Å². The van der Waals surface area contributed by atoms with E-state index in [1.165, 1.54) is 18.3 Å². The second kappa shape index (κ2) is 7.94. The molecule has 1 fully saturated rings. The summed E-state index contributed by atoms with van der Waals surface area (Å²) in [5, 5.41) is 0.149. The molecule has 8 heteroatoms. The number of aromatic nitrogens is 3. The van der Waals surface area contributed by atoms with Crippen molar-refractivity contribution in [2.24, 2.45) is 5.92 Å². The van der Waals surface area contributed by atoms with Gasteiger partial charge in [-0.05, 0) is 36.2 Å². The van der Waals surface area contributed by atoms with Crippen molar-refractivity contribution < 1.29 is 13.2 Å². The Labute approximate surface area is 182 Å². The van der Waals surface area contributed by atoms with Crippen molar-refractivity contribution in [1.82, 2.24) is 14.5 Å². The molecule has 2 aromatic heterocycles. The first-order valence-corrected chi connectivity index (χ1v) is 12.0. The summed E-state index contributed by atoms with van der Waals surface area (Å²) in [6.07, 6.45) is 3.56. The molecule has 3 heterocycles. The Hall–Kier alpha value is -1.96. The minimum Gasteiger partial charge on any atom is -0.434 e. The average molecular weight is 449 g/mol. The molecule has 0 amide bonds. The van der Waals surface area contributed by atoms with Crippen molar-refractivity contribution in [2.45, 2.75) is 55.4 Å². The second-order valence-electron chi connectivity index (χ2n) is 8.88. The SMILES string of the molecule is CC(C)(C)c1nc2cc(S(=O)(=O)c3ccnc(Cl)c3)ccc2n1CC1CC[OH+]CC1. The minimum atomic E-state index is -3.71. The van der Waals surface area contributed by atoms with E-state index in [0.717, 1.165) is 43.9 Å². The molecular formula is C22H27ClN3O3S+. The van der Waals surface area contributed by atoms with Crippen molar-refractivity contribution >= 4 is 32.5 Å². The highest BCUT2D eigenvalue weighted by Gasteiger charge is 2.27. The molecule has 0 radical (unpaired) electrons. The normalized spacial score (nSPS) is 16.3. The van der Waals surface area contributed by atoms with Crippen LogP contribution in [0.2, 0.25) is 5.15 Å². The first-order chi connectivity index (χ1) is 14.2. The van der Waals surface area contributed by atoms with E-state index < -0.39 is 9.84 Å². The summed E-state index contributed by atoms with van der Waals surface area (Å²) in [5.74, 6) is 1.53. The Bertz CT molecular complexity index is 1180. The largest absolute Gasteiger partial charge is 0.434 e. The zero-order valence-electron chi connectivity index (χ0n) is 17.5. The van der Waals surface area contributed by atoms with Crippen LogP contribution in [0.3, 0.4) is 0 Å². The molecule has 1 N–H and O–H groups in total. The Balaban J connectivity index is 1.80. The van der Waals surface area contributed by atoms with Crippen LogP contribution >= 0.6 is 11.6 Å². The monoisotopic (exact) mass is 448 g/mol. The van der Waals surface area contributed by atoms with E-state index in [4.69, 9.17) is 16.6 Å². The molecular weight excluding hydrogens is 422 g/mol. The van der Waals surface area contributed by atoms with Gasteiger partial charge in [-0.1, -0.05) is 32.4 Å². The number of rotatable bonds is 4. The predicted molar refractivity (Wildman–Crippen MR) is 118 cm³/mol. The van der Waals surface area contributed by atoms with Crippen LogP contribution in [0, 0.1) is 5.92 Å². The summed E-state index contributed by atoms with van der Waals surface area (Å²) < 4.78 is 32.9. The smallest absolute Gasteiger partial charge is 0.206 e. The average Bonchev–Trinajstić information content (AvgIpc) is 3.07. The molecule has 30 heavy (non-hydrogen) atoms. The van der Waals surface area contributed by atoms with Crippen LogP contribution in [0.4, 0.5) is 0 Å². The summed E-state index contributed by atoms with van der Waals surface area (Å²) in [5.41, 5.74) is 1.51. The van der Waals surface area contributed by atoms with Crippen LogP contribution in [0.25, 0.3) is 11.0 Å². The van der Waals surface area contributed by atoms with E-state index in [0.29, 0.717) is 11.4 Å². The predicted octanol–water partition coefficient (Wildman–Crippen LogP) is 4.15. The molecule has 6 nitrogen and oxygen atoms in total. The van der Waals surface area contributed by atoms with Crippen LogP contribution in [-0.2, 0) is 21.8 Å². The third-order valence-electron chi connectivity index (χ3n) is 5.54. The first-order valence-electron chi connectivity index (χ1n) is 10.2. The summed E-state index contributed by atoms with van der Waals surface area (Å²) in [6.45, 7) is 9.12. The maximum atomic E-state index is 13.1. The van der Waals surface area contributed by atoms with Gasteiger partial charge in [0.05, 0.1) is 20.8 Å². The highest BCUT2D eigenvalue weighted by molar-refractivity contribution is 7.91. The lowest BCUT2D eigenvalue weighted by atomic mass is 9.94. The van der Waals surface area contributed by atoms with Gasteiger partial charge >= 0.3 is 0 Å². The molecule has 1 saturated heterocycles. The molecule has 3 aromatic rings. The molecule has 1 aliphatic heterocycles. The number of ether oxygens (including phenoxy) is 1. The number of benzene rings is 1. The van der Waals surface area contributed by atoms with Crippen LogP contribution in [-0.4, -0.2) is 40.9 Å². The number of halogens is 1. The molecule has 0 unspecified atom stereocenters. The van der Waals surface area contributed by atoms with Crippen molar-refractivity contribution in [3.63, 3.8) is 0 Å². The number of hydrogen-bond acceptors (Lipinski definition) is 4. The van der Waals surface area contributed by atoms with Crippen LogP contribution in [0.5, 0.6) is 0 Å². The number of aliphatic hydroxyl groups is 2. The summed E-state index contributed by atoms with van der Waals surface area (Å²) in [4.78, 5) is 9.08. The third kappa shape index (κ3) is 4.11. The van der Waals surface area contributed by atoms with Gasteiger partial charge in [0.1, 0.15) is 24.2 Å². The Kier molecular flexibility index (Phi) is 5.64. The zero-order chi connectivity index (χ0) is 21.5. The number of hydrogen-bond donors (Lipinski definition) is 0. The Morgan fingerprint density at radius 3 is 2.50 bits per heavy atom. The highest BCUT2D eigenvalue weighted by atomic mass is 35.5. The van der Waals surface area contributed by atoms with E-state index >= 15 is 0 Å². The molecule has 0 spiro atoms. The number of sulfone groups is 1. The Morgan fingerprint density at radius 2 is 1.83 bits per heavy atom. The van der Waals surface area contributed by atoms with Gasteiger partial charge in [0.15, 0.2) is 0 Å². The van der Waals surface area contributed by atoms with Gasteiger partial charge < -0.3 is 9.30 Å². The minimum absolute atomic E-state index is 0.128. The lowest BCUT2D eigenvalue weighted by molar-refractivity contribution is -0.0810. The van der Waals surface area contributed by atoms with Gasteiger partial charge in [0.25, 0.3) is 0 Å². The van der Waals surface area contributed by atoms with Crippen LogP contribution < -0.4 is 0 Å². The van der Waals surface area contributed by atoms with E-state index in [9.17, 15) is 8.42 Å². The maximum Gasteiger partial charge on any atom is 0.206 e. The molecule has 1 aliphatic rings. The van der Waals surface area contributed by atoms with E-state index in [1.807, 2.05) is 6.07 Å². The zero-order valence-corrected chi connectivity index (χ0v) is 19.0. The number of nitrogens with zero attached hydrogens (tertiary/aromatic N) is 3. The molecule has 0 aliphatic carbocycles. The quantitative estimate of drug-likeness (QED) is 0.443. The number of fused-ring (bicyclic) bond motifs is 1. The van der Waals surface area contributed by atoms with Crippen LogP contribution in [0.1, 0.15) is 39.4 Å². The topological polar surface area (TPSA) is 77.6 Å². The molecule has 4 rings (SSSR count). The maximum absolute atomic E-state index is 13.1. The summed E-state index contributed by atoms with van der Waals surface area (Å²) in [6, 6.07) is 8.03. The van der Waals surface area contributed by atoms with Crippen molar-refractivity contribution in [2.75, 3.05) is 13.2 Å². The molecule has 0 atom stereocenters. The fourth-order valence-electron chi connectivity index (χ4n) is 3.97. The Morgan fingerprint density at radius 1 is 1.13 bits per heavy atom. The van der Waals surface area contributed by atoms with Crippen molar-refractivity contribution in [1.29, 1.82) is 0 Å². The first kappa shape index (κ1) is 21.3. The van der Waals surface area contributed by atoms with E-state index in [2.05, 4.69) is 35.1 Å². The third-order valence-corrected chi connectivity index (χ3v) is 7.50. The summed E-state index contributed by atoms with van der Waals surface area (Å²) in [7, 11) is -3.71. The lowest BCUT2D eigenvalue weighted by Gasteiger charge is -2.25. The van der Waals surface area contributed by atoms with Gasteiger partial charge in [-0.25, -0.2) is 18.4 Å². The lowest BCUT2D eigenvalue weighted by Crippen LogP contribution is -2.26. The van der Waals surface area contributed by atoms with Gasteiger partial charge in [-0.15, -0.1) is 0 Å². The van der Waals surface area contributed by atoms with Crippen molar-refractivity contribution in [3.8, 4) is 0 Å². The number of imidazole rings is 1. The molecule has 1 aromatic carbocycles. The number of pyridine rings is 1. The van der Waals surface area contributed by atoms with E-state index in [-0.39, 0.29) is 20.4 Å². The molecule has 0 saturated carbocycles. The fourth-order valence-corrected chi connectivity index (χ4v) is 5.50. The summed E-state index contributed by atoms with van der Waals surface area (Å²) >= 11 is 5.90. The standard InChI is InChI=1S/C22H26ClN3O3S/c1-22(2,3)21-25-18-12-16(30(27,28)17-6-9-24-20(23)13-17)4-5-19(18)26(21)14-15-7-10-29-11-8-15/h4-6,9,12-13,15H,7-8,10-11,14H2,1-3H3/p+1. The van der Waals surface area contributed by atoms with Gasteiger partial charge in [-0.3, -0.25) is 0 Å².